The topological polar surface area (TPSA) is 71.7 Å². The Morgan fingerprint density at radius 3 is 1.81 bits per heavy atom. The van der Waals surface area contributed by atoms with E-state index in [1.165, 1.54) is 27.5 Å². The van der Waals surface area contributed by atoms with E-state index in [0.29, 0.717) is 18.3 Å². The first-order valence-corrected chi connectivity index (χ1v) is 12.4. The standard InChI is InChI=1S/C30H22BNO4/c33-31(34)17-9-11-25-21(15-17)29-27(35-25)13-14-28-30(29)22-16-18(10-12-26(22)36-28)32-23-7-3-1-5-19(23)20-6-2-4-8-24(20)32/h1-8,13-16,33-34H,9-12H2. The molecule has 0 radical (unpaired) electrons. The second-order valence-corrected chi connectivity index (χ2v) is 9.79. The molecule has 36 heavy (non-hydrogen) atoms. The normalized spacial score (nSPS) is 15.4. The maximum atomic E-state index is 9.82. The van der Waals surface area contributed by atoms with Crippen molar-refractivity contribution in [2.45, 2.75) is 25.7 Å². The van der Waals surface area contributed by atoms with Crippen LogP contribution in [0.5, 0.6) is 0 Å². The molecule has 8 rings (SSSR count). The second-order valence-electron chi connectivity index (χ2n) is 9.79. The number of rotatable bonds is 2. The van der Waals surface area contributed by atoms with E-state index >= 15 is 0 Å². The molecule has 0 bridgehead atoms. The first-order chi connectivity index (χ1) is 17.7. The van der Waals surface area contributed by atoms with Gasteiger partial charge in [-0.1, -0.05) is 42.5 Å². The van der Waals surface area contributed by atoms with Gasteiger partial charge in [0.1, 0.15) is 22.7 Å². The quantitative estimate of drug-likeness (QED) is 0.280. The van der Waals surface area contributed by atoms with Crippen LogP contribution in [0.1, 0.15) is 35.5 Å². The number of furan rings is 2. The van der Waals surface area contributed by atoms with Gasteiger partial charge < -0.3 is 23.4 Å². The zero-order chi connectivity index (χ0) is 24.0. The van der Waals surface area contributed by atoms with Crippen molar-refractivity contribution in [3.05, 3.63) is 88.8 Å². The molecule has 0 atom stereocenters. The fourth-order valence-corrected chi connectivity index (χ4v) is 6.21. The van der Waals surface area contributed by atoms with E-state index in [2.05, 4.69) is 59.2 Å². The van der Waals surface area contributed by atoms with Crippen molar-refractivity contribution in [1.29, 1.82) is 0 Å². The fourth-order valence-electron chi connectivity index (χ4n) is 6.21. The summed E-state index contributed by atoms with van der Waals surface area (Å²) < 4.78 is 15.0. The maximum Gasteiger partial charge on any atom is 0.484 e. The van der Waals surface area contributed by atoms with Crippen LogP contribution in [0.15, 0.2) is 75.0 Å². The molecule has 6 heteroatoms. The highest BCUT2D eigenvalue weighted by atomic mass is 16.4. The van der Waals surface area contributed by atoms with E-state index in [0.717, 1.165) is 57.4 Å². The smallest absolute Gasteiger partial charge is 0.460 e. The molecule has 2 aliphatic rings. The minimum atomic E-state index is -1.46. The molecule has 2 aliphatic carbocycles. The summed E-state index contributed by atoms with van der Waals surface area (Å²) in [5.74, 6) is 1.87. The third-order valence-electron chi connectivity index (χ3n) is 7.82. The van der Waals surface area contributed by atoms with E-state index in [1.807, 2.05) is 18.2 Å². The van der Waals surface area contributed by atoms with Crippen molar-refractivity contribution >= 4 is 68.7 Å². The zero-order valence-corrected chi connectivity index (χ0v) is 19.5. The lowest BCUT2D eigenvalue weighted by Crippen LogP contribution is -2.17. The highest BCUT2D eigenvalue weighted by Crippen LogP contribution is 2.44. The van der Waals surface area contributed by atoms with Crippen LogP contribution >= 0.6 is 0 Å². The Bertz CT molecular complexity index is 1880. The Labute approximate surface area is 206 Å². The Balaban J connectivity index is 1.42. The van der Waals surface area contributed by atoms with E-state index in [4.69, 9.17) is 8.83 Å². The molecule has 3 aromatic heterocycles. The van der Waals surface area contributed by atoms with Crippen molar-refractivity contribution in [1.82, 2.24) is 4.57 Å². The van der Waals surface area contributed by atoms with Gasteiger partial charge in [0.05, 0.1) is 11.0 Å². The average molecular weight is 471 g/mol. The van der Waals surface area contributed by atoms with Gasteiger partial charge in [0, 0.05) is 51.2 Å². The summed E-state index contributed by atoms with van der Waals surface area (Å²) in [6, 6.07) is 21.1. The van der Waals surface area contributed by atoms with Crippen LogP contribution in [-0.2, 0) is 12.8 Å². The number of allylic oxidation sites excluding steroid dienone is 2. The summed E-state index contributed by atoms with van der Waals surface area (Å²) in [4.78, 5) is 0. The molecule has 0 amide bonds. The Morgan fingerprint density at radius 1 is 0.639 bits per heavy atom. The SMILES string of the molecule is OB(O)C1=Cc2c(oc3ccc4oc5c(c4c23)C=C(n2c3ccccc3c3ccccc32)CC5)CC1. The zero-order valence-electron chi connectivity index (χ0n) is 19.5. The van der Waals surface area contributed by atoms with Crippen LogP contribution in [0.25, 0.3) is 61.6 Å². The summed E-state index contributed by atoms with van der Waals surface area (Å²) in [6.45, 7) is 0. The molecule has 5 nitrogen and oxygen atoms in total. The van der Waals surface area contributed by atoms with Crippen LogP contribution in [0.4, 0.5) is 0 Å². The third kappa shape index (κ3) is 2.68. The van der Waals surface area contributed by atoms with Gasteiger partial charge in [-0.3, -0.25) is 0 Å². The summed E-state index contributed by atoms with van der Waals surface area (Å²) in [5, 5.41) is 24.2. The van der Waals surface area contributed by atoms with Crippen molar-refractivity contribution in [3.8, 4) is 0 Å². The first kappa shape index (κ1) is 20.2. The summed E-state index contributed by atoms with van der Waals surface area (Å²) >= 11 is 0. The molecule has 0 unspecified atom stereocenters. The largest absolute Gasteiger partial charge is 0.484 e. The van der Waals surface area contributed by atoms with Crippen molar-refractivity contribution < 1.29 is 18.9 Å². The number of aromatic nitrogens is 1. The second kappa shape index (κ2) is 7.26. The van der Waals surface area contributed by atoms with E-state index < -0.39 is 7.12 Å². The van der Waals surface area contributed by atoms with Gasteiger partial charge in [0.15, 0.2) is 0 Å². The monoisotopic (exact) mass is 471 g/mol. The molecule has 0 saturated carbocycles. The number of fused-ring (bicyclic) bond motifs is 10. The summed E-state index contributed by atoms with van der Waals surface area (Å²) in [5.41, 5.74) is 7.92. The van der Waals surface area contributed by atoms with Crippen LogP contribution in [0.3, 0.4) is 0 Å². The van der Waals surface area contributed by atoms with E-state index in [9.17, 15) is 10.0 Å². The average Bonchev–Trinajstić information content (AvgIpc) is 3.56. The summed E-state index contributed by atoms with van der Waals surface area (Å²) in [6.07, 6.45) is 7.08. The molecular weight excluding hydrogens is 449 g/mol. The molecule has 0 fully saturated rings. The highest BCUT2D eigenvalue weighted by Gasteiger charge is 2.28. The number of benzene rings is 3. The number of aryl methyl sites for hydroxylation is 2. The van der Waals surface area contributed by atoms with Gasteiger partial charge in [0.2, 0.25) is 0 Å². The Hall–Kier alpha value is -4.00. The van der Waals surface area contributed by atoms with Gasteiger partial charge in [-0.25, -0.2) is 0 Å². The van der Waals surface area contributed by atoms with Gasteiger partial charge >= 0.3 is 7.12 Å². The molecular formula is C30H22BNO4. The predicted molar refractivity (Wildman–Crippen MR) is 144 cm³/mol. The number of hydrogen-bond donors (Lipinski definition) is 2. The van der Waals surface area contributed by atoms with Crippen LogP contribution in [0, 0.1) is 0 Å². The summed E-state index contributed by atoms with van der Waals surface area (Å²) in [7, 11) is -1.46. The van der Waals surface area contributed by atoms with Gasteiger partial charge in [-0.2, -0.15) is 0 Å². The van der Waals surface area contributed by atoms with Gasteiger partial charge in [0.25, 0.3) is 0 Å². The minimum Gasteiger partial charge on any atom is -0.460 e. The van der Waals surface area contributed by atoms with E-state index in [-0.39, 0.29) is 0 Å². The molecule has 0 aliphatic heterocycles. The lowest BCUT2D eigenvalue weighted by molar-refractivity contribution is 0.415. The molecule has 0 spiro atoms. The third-order valence-corrected chi connectivity index (χ3v) is 7.82. The van der Waals surface area contributed by atoms with E-state index in [1.54, 1.807) is 0 Å². The lowest BCUT2D eigenvalue weighted by atomic mass is 9.73. The van der Waals surface area contributed by atoms with Crippen molar-refractivity contribution in [2.24, 2.45) is 0 Å². The molecule has 6 aromatic rings. The minimum absolute atomic E-state index is 0.578. The number of para-hydroxylation sites is 2. The van der Waals surface area contributed by atoms with Crippen molar-refractivity contribution in [3.63, 3.8) is 0 Å². The molecule has 3 aromatic carbocycles. The number of hydrogen-bond acceptors (Lipinski definition) is 4. The van der Waals surface area contributed by atoms with Crippen LogP contribution in [-0.4, -0.2) is 21.7 Å². The first-order valence-electron chi connectivity index (χ1n) is 12.4. The fraction of sp³-hybridized carbons (Fsp3) is 0.133. The Morgan fingerprint density at radius 2 is 1.19 bits per heavy atom. The Kier molecular flexibility index (Phi) is 4.08. The van der Waals surface area contributed by atoms with Gasteiger partial charge in [-0.15, -0.1) is 0 Å². The number of nitrogens with zero attached hydrogens (tertiary/aromatic N) is 1. The van der Waals surface area contributed by atoms with Crippen molar-refractivity contribution in [2.75, 3.05) is 0 Å². The molecule has 174 valence electrons. The van der Waals surface area contributed by atoms with Gasteiger partial charge in [-0.05, 0) is 48.7 Å². The molecule has 0 saturated heterocycles. The predicted octanol–water partition coefficient (Wildman–Crippen LogP) is 6.57. The van der Waals surface area contributed by atoms with Crippen LogP contribution in [0.2, 0.25) is 0 Å². The molecule has 2 N–H and O–H groups in total. The maximum absolute atomic E-state index is 9.82. The van der Waals surface area contributed by atoms with Crippen LogP contribution < -0.4 is 0 Å². The molecule has 3 heterocycles. The lowest BCUT2D eigenvalue weighted by Gasteiger charge is -2.16. The highest BCUT2D eigenvalue weighted by molar-refractivity contribution is 6.52.